The zero-order chi connectivity index (χ0) is 16.2. The van der Waals surface area contributed by atoms with Gasteiger partial charge in [0.2, 0.25) is 0 Å². The summed E-state index contributed by atoms with van der Waals surface area (Å²) in [5.74, 6) is 0.503. The van der Waals surface area contributed by atoms with Gasteiger partial charge in [-0.15, -0.1) is 0 Å². The van der Waals surface area contributed by atoms with E-state index < -0.39 is 0 Å². The second-order valence-electron chi connectivity index (χ2n) is 5.69. The lowest BCUT2D eigenvalue weighted by Crippen LogP contribution is -2.47. The van der Waals surface area contributed by atoms with Gasteiger partial charge in [-0.2, -0.15) is 5.26 Å². The smallest absolute Gasteiger partial charge is 0.131 e. The average Bonchev–Trinajstić information content (AvgIpc) is 2.61. The van der Waals surface area contributed by atoms with Gasteiger partial charge in [-0.1, -0.05) is 0 Å². The zero-order valence-electron chi connectivity index (χ0n) is 13.0. The van der Waals surface area contributed by atoms with Gasteiger partial charge in [-0.3, -0.25) is 0 Å². The molecule has 1 aromatic heterocycles. The number of piperidine rings is 1. The first kappa shape index (κ1) is 15.2. The van der Waals surface area contributed by atoms with E-state index in [-0.39, 0.29) is 11.9 Å². The highest BCUT2D eigenvalue weighted by atomic mass is 19.1. The quantitative estimate of drug-likeness (QED) is 0.872. The minimum Gasteiger partial charge on any atom is -0.368 e. The molecule has 0 N–H and O–H groups in total. The molecule has 1 saturated heterocycles. The third kappa shape index (κ3) is 3.24. The molecule has 0 saturated carbocycles. The van der Waals surface area contributed by atoms with Gasteiger partial charge < -0.3 is 9.80 Å². The summed E-state index contributed by atoms with van der Waals surface area (Å²) in [4.78, 5) is 12.5. The van der Waals surface area contributed by atoms with Crippen LogP contribution in [0.4, 0.5) is 15.9 Å². The van der Waals surface area contributed by atoms with Crippen molar-refractivity contribution in [1.82, 2.24) is 9.97 Å². The molecular weight excluding hydrogens is 293 g/mol. The lowest BCUT2D eigenvalue weighted by Gasteiger charge is -2.39. The van der Waals surface area contributed by atoms with E-state index in [4.69, 9.17) is 0 Å². The first-order valence-electron chi connectivity index (χ1n) is 7.62. The molecule has 2 heterocycles. The molecule has 118 valence electrons. The molecular formula is C17H18FN5. The molecule has 0 aliphatic carbocycles. The van der Waals surface area contributed by atoms with Crippen molar-refractivity contribution in [1.29, 1.82) is 5.26 Å². The molecule has 1 atom stereocenters. The standard InChI is InChI=1S/C17H18FN5/c1-22(17-6-7-20-12-21-17)15-3-2-8-23(11-15)16-5-4-14(18)9-13(16)10-19/h4-7,9,12,15H,2-3,8,11H2,1H3. The number of benzene rings is 1. The van der Waals surface area contributed by atoms with E-state index in [9.17, 15) is 9.65 Å². The highest BCUT2D eigenvalue weighted by molar-refractivity contribution is 5.60. The van der Waals surface area contributed by atoms with Gasteiger partial charge in [0.15, 0.2) is 0 Å². The largest absolute Gasteiger partial charge is 0.368 e. The van der Waals surface area contributed by atoms with Crippen LogP contribution in [0.5, 0.6) is 0 Å². The number of likely N-dealkylation sites (N-methyl/N-ethyl adjacent to an activating group) is 1. The normalized spacial score (nSPS) is 17.6. The summed E-state index contributed by atoms with van der Waals surface area (Å²) < 4.78 is 13.3. The molecule has 1 aliphatic heterocycles. The van der Waals surface area contributed by atoms with Gasteiger partial charge >= 0.3 is 0 Å². The van der Waals surface area contributed by atoms with Crippen molar-refractivity contribution >= 4 is 11.5 Å². The van der Waals surface area contributed by atoms with E-state index in [1.807, 2.05) is 13.1 Å². The van der Waals surface area contributed by atoms with Crippen molar-refractivity contribution in [2.24, 2.45) is 0 Å². The molecule has 1 unspecified atom stereocenters. The Morgan fingerprint density at radius 3 is 3.00 bits per heavy atom. The van der Waals surface area contributed by atoms with Crippen LogP contribution in [0.25, 0.3) is 0 Å². The van der Waals surface area contributed by atoms with Crippen molar-refractivity contribution in [2.75, 3.05) is 29.9 Å². The van der Waals surface area contributed by atoms with E-state index in [0.717, 1.165) is 37.4 Å². The van der Waals surface area contributed by atoms with Crippen molar-refractivity contribution in [2.45, 2.75) is 18.9 Å². The minimum absolute atomic E-state index is 0.287. The molecule has 0 spiro atoms. The minimum atomic E-state index is -0.378. The third-order valence-electron chi connectivity index (χ3n) is 4.29. The van der Waals surface area contributed by atoms with Gasteiger partial charge in [-0.05, 0) is 37.1 Å². The fourth-order valence-electron chi connectivity index (χ4n) is 3.04. The highest BCUT2D eigenvalue weighted by Gasteiger charge is 2.25. The van der Waals surface area contributed by atoms with Crippen LogP contribution >= 0.6 is 0 Å². The monoisotopic (exact) mass is 311 g/mol. The van der Waals surface area contributed by atoms with E-state index in [1.54, 1.807) is 18.6 Å². The van der Waals surface area contributed by atoms with Crippen LogP contribution in [0, 0.1) is 17.1 Å². The maximum Gasteiger partial charge on any atom is 0.131 e. The second-order valence-corrected chi connectivity index (χ2v) is 5.69. The van der Waals surface area contributed by atoms with Gasteiger partial charge in [0.1, 0.15) is 24.0 Å². The zero-order valence-corrected chi connectivity index (χ0v) is 13.0. The predicted octanol–water partition coefficient (Wildman–Crippen LogP) is 2.59. The lowest BCUT2D eigenvalue weighted by atomic mass is 10.0. The Kier molecular flexibility index (Phi) is 4.38. The number of nitrogens with zero attached hydrogens (tertiary/aromatic N) is 5. The van der Waals surface area contributed by atoms with Gasteiger partial charge in [0.05, 0.1) is 11.3 Å². The molecule has 3 rings (SSSR count). The van der Waals surface area contributed by atoms with E-state index >= 15 is 0 Å². The highest BCUT2D eigenvalue weighted by Crippen LogP contribution is 2.27. The van der Waals surface area contributed by atoms with Crippen LogP contribution in [0.2, 0.25) is 0 Å². The Morgan fingerprint density at radius 2 is 2.26 bits per heavy atom. The number of aromatic nitrogens is 2. The van der Waals surface area contributed by atoms with Crippen LogP contribution in [-0.2, 0) is 0 Å². The number of nitriles is 1. The summed E-state index contributed by atoms with van der Waals surface area (Å²) >= 11 is 0. The molecule has 0 amide bonds. The predicted molar refractivity (Wildman–Crippen MR) is 86.8 cm³/mol. The Balaban J connectivity index is 1.80. The van der Waals surface area contributed by atoms with Crippen molar-refractivity contribution in [3.63, 3.8) is 0 Å². The topological polar surface area (TPSA) is 56.1 Å². The molecule has 1 aromatic carbocycles. The summed E-state index contributed by atoms with van der Waals surface area (Å²) in [5, 5.41) is 9.26. The summed E-state index contributed by atoms with van der Waals surface area (Å²) in [7, 11) is 2.02. The Bertz CT molecular complexity index is 713. The molecule has 0 radical (unpaired) electrons. The van der Waals surface area contributed by atoms with Gasteiger partial charge in [0, 0.05) is 32.4 Å². The molecule has 1 aliphatic rings. The summed E-state index contributed by atoms with van der Waals surface area (Å²) in [5.41, 5.74) is 1.19. The molecule has 2 aromatic rings. The number of halogens is 1. The van der Waals surface area contributed by atoms with Crippen molar-refractivity contribution in [3.05, 3.63) is 48.2 Å². The maximum absolute atomic E-state index is 13.3. The molecule has 23 heavy (non-hydrogen) atoms. The second kappa shape index (κ2) is 6.61. The average molecular weight is 311 g/mol. The molecule has 0 bridgehead atoms. The van der Waals surface area contributed by atoms with E-state index in [2.05, 4.69) is 25.8 Å². The van der Waals surface area contributed by atoms with Gasteiger partial charge in [-0.25, -0.2) is 14.4 Å². The number of hydrogen-bond acceptors (Lipinski definition) is 5. The number of anilines is 2. The summed E-state index contributed by atoms with van der Waals surface area (Å²) in [6.45, 7) is 1.65. The van der Waals surface area contributed by atoms with Crippen LogP contribution < -0.4 is 9.80 Å². The number of hydrogen-bond donors (Lipinski definition) is 0. The maximum atomic E-state index is 13.3. The first-order chi connectivity index (χ1) is 11.2. The fourth-order valence-corrected chi connectivity index (χ4v) is 3.04. The third-order valence-corrected chi connectivity index (χ3v) is 4.29. The van der Waals surface area contributed by atoms with Gasteiger partial charge in [0.25, 0.3) is 0 Å². The summed E-state index contributed by atoms with van der Waals surface area (Å²) in [6.07, 6.45) is 5.34. The Labute approximate surface area is 135 Å². The van der Waals surface area contributed by atoms with E-state index in [1.165, 1.54) is 12.1 Å². The number of rotatable bonds is 3. The molecule has 5 nitrogen and oxygen atoms in total. The fraction of sp³-hybridized carbons (Fsp3) is 0.353. The molecule has 6 heteroatoms. The SMILES string of the molecule is CN(c1ccncn1)C1CCCN(c2ccc(F)cc2C#N)C1. The molecule has 1 fully saturated rings. The Hall–Kier alpha value is -2.68. The van der Waals surface area contributed by atoms with Crippen LogP contribution in [0.15, 0.2) is 36.8 Å². The van der Waals surface area contributed by atoms with E-state index in [0.29, 0.717) is 5.56 Å². The van der Waals surface area contributed by atoms with Crippen LogP contribution in [0.3, 0.4) is 0 Å². The summed E-state index contributed by atoms with van der Waals surface area (Å²) in [6, 6.07) is 8.67. The lowest BCUT2D eigenvalue weighted by molar-refractivity contribution is 0.485. The van der Waals surface area contributed by atoms with Crippen molar-refractivity contribution in [3.8, 4) is 6.07 Å². The van der Waals surface area contributed by atoms with Crippen LogP contribution in [-0.4, -0.2) is 36.1 Å². The van der Waals surface area contributed by atoms with Crippen molar-refractivity contribution < 1.29 is 4.39 Å². The Morgan fingerprint density at radius 1 is 1.39 bits per heavy atom. The first-order valence-corrected chi connectivity index (χ1v) is 7.62. The van der Waals surface area contributed by atoms with Crippen LogP contribution in [0.1, 0.15) is 18.4 Å².